The van der Waals surface area contributed by atoms with Gasteiger partial charge in [-0.15, -0.1) is 0 Å². The summed E-state index contributed by atoms with van der Waals surface area (Å²) in [7, 11) is 0. The first-order chi connectivity index (χ1) is 4.86. The largest absolute Gasteiger partial charge is 0.340 e. The van der Waals surface area contributed by atoms with Crippen molar-refractivity contribution in [2.45, 2.75) is 0 Å². The first kappa shape index (κ1) is 6.77. The van der Waals surface area contributed by atoms with Crippen molar-refractivity contribution in [3.8, 4) is 5.75 Å². The van der Waals surface area contributed by atoms with E-state index >= 15 is 0 Å². The normalized spacial score (nSPS) is 8.90. The highest BCUT2D eigenvalue weighted by atomic mass is 17.1. The van der Waals surface area contributed by atoms with Gasteiger partial charge in [0.15, 0.2) is 5.75 Å². The minimum absolute atomic E-state index is 0.325. The van der Waals surface area contributed by atoms with Gasteiger partial charge in [0, 0.05) is 5.56 Å². The quantitative estimate of drug-likeness (QED) is 0.381. The molecule has 3 heteroatoms. The number of rotatable bonds is 2. The van der Waals surface area contributed by atoms with Crippen LogP contribution >= 0.6 is 0 Å². The minimum atomic E-state index is 0.325. The Labute approximate surface area is 57.8 Å². The van der Waals surface area contributed by atoms with Gasteiger partial charge in [0.2, 0.25) is 0 Å². The molecule has 52 valence electrons. The Morgan fingerprint density at radius 2 is 1.90 bits per heavy atom. The molecule has 1 aromatic carbocycles. The van der Waals surface area contributed by atoms with Crippen LogP contribution in [0, 0.1) is 0 Å². The summed E-state index contributed by atoms with van der Waals surface area (Å²) in [5.74, 6) is 0.325. The fraction of sp³-hybridized carbons (Fsp3) is 0. The van der Waals surface area contributed by atoms with Crippen LogP contribution in [0.1, 0.15) is 10.4 Å². The standard InChI is InChI=1S/C7H6O3/c8-5-6-1-3-7(10-9)4-2-6/h1-5,9H. The molecule has 0 aliphatic heterocycles. The third-order valence-corrected chi connectivity index (χ3v) is 1.12. The van der Waals surface area contributed by atoms with E-state index in [4.69, 9.17) is 5.26 Å². The van der Waals surface area contributed by atoms with Gasteiger partial charge < -0.3 is 4.89 Å². The van der Waals surface area contributed by atoms with Crippen molar-refractivity contribution in [2.75, 3.05) is 0 Å². The Bertz CT molecular complexity index is 215. The van der Waals surface area contributed by atoms with Crippen LogP contribution in [0.5, 0.6) is 5.75 Å². The van der Waals surface area contributed by atoms with E-state index in [-0.39, 0.29) is 0 Å². The van der Waals surface area contributed by atoms with Crippen LogP contribution < -0.4 is 4.89 Å². The van der Waals surface area contributed by atoms with Crippen molar-refractivity contribution in [1.82, 2.24) is 0 Å². The van der Waals surface area contributed by atoms with Crippen LogP contribution in [0.15, 0.2) is 24.3 Å². The van der Waals surface area contributed by atoms with Gasteiger partial charge in [0.05, 0.1) is 0 Å². The summed E-state index contributed by atoms with van der Waals surface area (Å²) in [4.78, 5) is 14.0. The van der Waals surface area contributed by atoms with E-state index in [1.807, 2.05) is 0 Å². The summed E-state index contributed by atoms with van der Waals surface area (Å²) in [6.45, 7) is 0. The van der Waals surface area contributed by atoms with Crippen molar-refractivity contribution >= 4 is 6.29 Å². The van der Waals surface area contributed by atoms with Crippen molar-refractivity contribution in [2.24, 2.45) is 0 Å². The number of benzene rings is 1. The van der Waals surface area contributed by atoms with E-state index in [1.54, 1.807) is 12.1 Å². The van der Waals surface area contributed by atoms with Gasteiger partial charge in [-0.25, -0.2) is 5.26 Å². The molecule has 0 aromatic heterocycles. The molecule has 0 amide bonds. The van der Waals surface area contributed by atoms with Crippen molar-refractivity contribution in [3.05, 3.63) is 29.8 Å². The fourth-order valence-corrected chi connectivity index (χ4v) is 0.607. The highest BCUT2D eigenvalue weighted by Crippen LogP contribution is 2.08. The van der Waals surface area contributed by atoms with Gasteiger partial charge in [0.1, 0.15) is 6.29 Å². The number of hydrogen-bond donors (Lipinski definition) is 1. The van der Waals surface area contributed by atoms with Crippen molar-refractivity contribution in [1.29, 1.82) is 0 Å². The van der Waals surface area contributed by atoms with E-state index in [2.05, 4.69) is 4.89 Å². The van der Waals surface area contributed by atoms with Gasteiger partial charge in [0.25, 0.3) is 0 Å². The van der Waals surface area contributed by atoms with Gasteiger partial charge in [-0.2, -0.15) is 0 Å². The molecule has 3 nitrogen and oxygen atoms in total. The lowest BCUT2D eigenvalue weighted by atomic mass is 10.2. The van der Waals surface area contributed by atoms with E-state index < -0.39 is 0 Å². The Hall–Kier alpha value is -1.35. The second-order valence-corrected chi connectivity index (χ2v) is 1.78. The summed E-state index contributed by atoms with van der Waals surface area (Å²) in [6.07, 6.45) is 0.723. The maximum atomic E-state index is 10.1. The molecule has 0 fully saturated rings. The zero-order valence-corrected chi connectivity index (χ0v) is 5.15. The number of aldehydes is 1. The Morgan fingerprint density at radius 1 is 1.30 bits per heavy atom. The SMILES string of the molecule is O=Cc1ccc(OO)cc1. The van der Waals surface area contributed by atoms with Crippen LogP contribution in [0.2, 0.25) is 0 Å². The average Bonchev–Trinajstić information content (AvgIpc) is 2.05. The highest BCUT2D eigenvalue weighted by molar-refractivity contribution is 5.74. The molecule has 1 aromatic rings. The van der Waals surface area contributed by atoms with Crippen LogP contribution in [0.3, 0.4) is 0 Å². The van der Waals surface area contributed by atoms with Crippen LogP contribution in [0.4, 0.5) is 0 Å². The molecular formula is C7H6O3. The molecule has 0 saturated heterocycles. The van der Waals surface area contributed by atoms with Gasteiger partial charge in [-0.1, -0.05) is 0 Å². The summed E-state index contributed by atoms with van der Waals surface area (Å²) in [5.41, 5.74) is 0.556. The van der Waals surface area contributed by atoms with E-state index in [0.717, 1.165) is 6.29 Å². The maximum Gasteiger partial charge on any atom is 0.165 e. The fourth-order valence-electron chi connectivity index (χ4n) is 0.607. The van der Waals surface area contributed by atoms with Gasteiger partial charge >= 0.3 is 0 Å². The second kappa shape index (κ2) is 2.98. The smallest absolute Gasteiger partial charge is 0.165 e. The summed E-state index contributed by atoms with van der Waals surface area (Å²) < 4.78 is 0. The molecule has 0 bridgehead atoms. The zero-order valence-electron chi connectivity index (χ0n) is 5.15. The Balaban J connectivity index is 2.90. The molecule has 0 radical (unpaired) electrons. The summed E-state index contributed by atoms with van der Waals surface area (Å²) in [6, 6.07) is 6.12. The number of carbonyl (C=O) groups is 1. The number of hydrogen-bond acceptors (Lipinski definition) is 3. The Morgan fingerprint density at radius 3 is 2.30 bits per heavy atom. The molecule has 0 saturated carbocycles. The molecule has 0 atom stereocenters. The van der Waals surface area contributed by atoms with Gasteiger partial charge in [-0.05, 0) is 24.3 Å². The van der Waals surface area contributed by atoms with Crippen molar-refractivity contribution < 1.29 is 14.9 Å². The lowest BCUT2D eigenvalue weighted by Crippen LogP contribution is -1.83. The molecule has 0 unspecified atom stereocenters. The topological polar surface area (TPSA) is 46.5 Å². The van der Waals surface area contributed by atoms with E-state index in [9.17, 15) is 4.79 Å². The molecular weight excluding hydrogens is 132 g/mol. The number of carbonyl (C=O) groups excluding carboxylic acids is 1. The first-order valence-corrected chi connectivity index (χ1v) is 2.73. The highest BCUT2D eigenvalue weighted by Gasteiger charge is 1.91. The first-order valence-electron chi connectivity index (χ1n) is 2.73. The Kier molecular flexibility index (Phi) is 2.02. The lowest BCUT2D eigenvalue weighted by Gasteiger charge is -1.93. The minimum Gasteiger partial charge on any atom is -0.340 e. The zero-order chi connectivity index (χ0) is 7.40. The predicted octanol–water partition coefficient (Wildman–Crippen LogP) is 1.35. The molecule has 0 aliphatic carbocycles. The van der Waals surface area contributed by atoms with Crippen LogP contribution in [-0.4, -0.2) is 11.5 Å². The molecule has 0 spiro atoms. The molecule has 1 N–H and O–H groups in total. The predicted molar refractivity (Wildman–Crippen MR) is 35.1 cm³/mol. The monoisotopic (exact) mass is 138 g/mol. The molecule has 1 rings (SSSR count). The van der Waals surface area contributed by atoms with Crippen molar-refractivity contribution in [3.63, 3.8) is 0 Å². The summed E-state index contributed by atoms with van der Waals surface area (Å²) in [5, 5.41) is 8.11. The van der Waals surface area contributed by atoms with Gasteiger partial charge in [-0.3, -0.25) is 4.79 Å². The maximum absolute atomic E-state index is 10.1. The lowest BCUT2D eigenvalue weighted by molar-refractivity contribution is -0.137. The average molecular weight is 138 g/mol. The van der Waals surface area contributed by atoms with Crippen LogP contribution in [0.25, 0.3) is 0 Å². The van der Waals surface area contributed by atoms with E-state index in [0.29, 0.717) is 11.3 Å². The second-order valence-electron chi connectivity index (χ2n) is 1.78. The molecule has 10 heavy (non-hydrogen) atoms. The van der Waals surface area contributed by atoms with E-state index in [1.165, 1.54) is 12.1 Å². The third-order valence-electron chi connectivity index (χ3n) is 1.12. The summed E-state index contributed by atoms with van der Waals surface area (Å²) >= 11 is 0. The molecule has 0 heterocycles. The van der Waals surface area contributed by atoms with Crippen LogP contribution in [-0.2, 0) is 0 Å². The molecule has 0 aliphatic rings. The third kappa shape index (κ3) is 1.33.